The van der Waals surface area contributed by atoms with Crippen LogP contribution in [-0.4, -0.2) is 30.1 Å². The molecular weight excluding hydrogens is 186 g/mol. The summed E-state index contributed by atoms with van der Waals surface area (Å²) in [5, 5.41) is 0. The molecule has 0 atom stereocenters. The number of nitrogens with two attached hydrogens (primary N) is 2. The number of aromatic nitrogens is 2. The molecule has 0 fully saturated rings. The predicted molar refractivity (Wildman–Crippen MR) is 50.6 cm³/mol. The van der Waals surface area contributed by atoms with Crippen LogP contribution in [0.25, 0.3) is 0 Å². The van der Waals surface area contributed by atoms with Gasteiger partial charge < -0.3 is 20.9 Å². The average molecular weight is 197 g/mol. The summed E-state index contributed by atoms with van der Waals surface area (Å²) in [5.74, 6) is 0.634. The van der Waals surface area contributed by atoms with Gasteiger partial charge in [0.1, 0.15) is 0 Å². The summed E-state index contributed by atoms with van der Waals surface area (Å²) in [6.45, 7) is 0. The van der Waals surface area contributed by atoms with Gasteiger partial charge in [0.2, 0.25) is 11.8 Å². The number of guanidine groups is 1. The lowest BCUT2D eigenvalue weighted by molar-refractivity contribution is 0.372. The van der Waals surface area contributed by atoms with Crippen molar-refractivity contribution in [3.8, 4) is 11.8 Å². The maximum absolute atomic E-state index is 5.17. The molecule has 0 unspecified atom stereocenters. The molecule has 14 heavy (non-hydrogen) atoms. The predicted octanol–water partition coefficient (Wildman–Crippen LogP) is -0.601. The maximum atomic E-state index is 5.17. The molecule has 1 aromatic heterocycles. The highest BCUT2D eigenvalue weighted by atomic mass is 16.5. The Morgan fingerprint density at radius 3 is 2.07 bits per heavy atom. The van der Waals surface area contributed by atoms with Gasteiger partial charge in [-0.15, -0.1) is 0 Å². The minimum atomic E-state index is -0.125. The third kappa shape index (κ3) is 2.47. The van der Waals surface area contributed by atoms with Gasteiger partial charge in [-0.2, -0.15) is 15.0 Å². The van der Waals surface area contributed by atoms with E-state index in [1.54, 1.807) is 0 Å². The zero-order valence-electron chi connectivity index (χ0n) is 7.89. The molecule has 0 saturated carbocycles. The van der Waals surface area contributed by atoms with Crippen LogP contribution >= 0.6 is 0 Å². The van der Waals surface area contributed by atoms with Crippen molar-refractivity contribution in [1.82, 2.24) is 9.97 Å². The van der Waals surface area contributed by atoms with Gasteiger partial charge in [-0.05, 0) is 0 Å². The Kier molecular flexibility index (Phi) is 3.05. The Balaban J connectivity index is 3.10. The van der Waals surface area contributed by atoms with E-state index in [-0.39, 0.29) is 11.9 Å². The minimum absolute atomic E-state index is 0.0983. The number of methoxy groups -OCH3 is 2. The fourth-order valence-corrected chi connectivity index (χ4v) is 0.767. The van der Waals surface area contributed by atoms with Crippen LogP contribution in [0.2, 0.25) is 0 Å². The van der Waals surface area contributed by atoms with E-state index in [2.05, 4.69) is 15.0 Å². The van der Waals surface area contributed by atoms with Gasteiger partial charge in [0, 0.05) is 0 Å². The maximum Gasteiger partial charge on any atom is 0.259 e. The summed E-state index contributed by atoms with van der Waals surface area (Å²) in [6.07, 6.45) is 0. The summed E-state index contributed by atoms with van der Waals surface area (Å²) in [5.41, 5.74) is 10.3. The average Bonchev–Trinajstić information content (AvgIpc) is 2.16. The molecule has 0 spiro atoms. The van der Waals surface area contributed by atoms with Gasteiger partial charge in [0.05, 0.1) is 20.3 Å². The van der Waals surface area contributed by atoms with Gasteiger partial charge in [-0.25, -0.2) is 0 Å². The first-order valence-electron chi connectivity index (χ1n) is 3.72. The highest BCUT2D eigenvalue weighted by Gasteiger charge is 2.03. The fourth-order valence-electron chi connectivity index (χ4n) is 0.767. The Morgan fingerprint density at radius 2 is 1.71 bits per heavy atom. The molecule has 7 heteroatoms. The second kappa shape index (κ2) is 4.26. The van der Waals surface area contributed by atoms with Crippen LogP contribution in [0.15, 0.2) is 11.1 Å². The molecule has 1 aromatic rings. The van der Waals surface area contributed by atoms with Crippen LogP contribution in [0.3, 0.4) is 0 Å². The molecule has 0 bridgehead atoms. The number of hydrogen-bond donors (Lipinski definition) is 2. The molecule has 0 radical (unpaired) electrons. The van der Waals surface area contributed by atoms with Crippen molar-refractivity contribution in [2.24, 2.45) is 16.5 Å². The van der Waals surface area contributed by atoms with E-state index >= 15 is 0 Å². The van der Waals surface area contributed by atoms with Crippen LogP contribution in [0.5, 0.6) is 11.8 Å². The summed E-state index contributed by atoms with van der Waals surface area (Å²) in [6, 6.07) is 1.52. The topological polar surface area (TPSA) is 109 Å². The zero-order chi connectivity index (χ0) is 10.6. The highest BCUT2D eigenvalue weighted by Crippen LogP contribution is 2.18. The lowest BCUT2D eigenvalue weighted by atomic mass is 10.6. The molecule has 0 amide bonds. The van der Waals surface area contributed by atoms with E-state index in [1.807, 2.05) is 0 Å². The normalized spacial score (nSPS) is 9.29. The van der Waals surface area contributed by atoms with Crippen LogP contribution < -0.4 is 20.9 Å². The monoisotopic (exact) mass is 197 g/mol. The zero-order valence-corrected chi connectivity index (χ0v) is 7.89. The third-order valence-electron chi connectivity index (χ3n) is 1.31. The molecule has 1 rings (SSSR count). The molecule has 0 aliphatic carbocycles. The summed E-state index contributed by atoms with van der Waals surface area (Å²) in [4.78, 5) is 11.4. The second-order valence-corrected chi connectivity index (χ2v) is 2.29. The lowest BCUT2D eigenvalue weighted by Gasteiger charge is -2.02. The van der Waals surface area contributed by atoms with Gasteiger partial charge in [0.15, 0.2) is 5.96 Å². The molecule has 7 nitrogen and oxygen atoms in total. The summed E-state index contributed by atoms with van der Waals surface area (Å²) < 4.78 is 9.79. The minimum Gasteiger partial charge on any atom is -0.481 e. The molecule has 4 N–H and O–H groups in total. The van der Waals surface area contributed by atoms with Crippen molar-refractivity contribution in [1.29, 1.82) is 0 Å². The Labute approximate surface area is 80.8 Å². The van der Waals surface area contributed by atoms with Crippen molar-refractivity contribution in [3.63, 3.8) is 0 Å². The third-order valence-corrected chi connectivity index (χ3v) is 1.31. The largest absolute Gasteiger partial charge is 0.481 e. The summed E-state index contributed by atoms with van der Waals surface area (Å²) >= 11 is 0. The Morgan fingerprint density at radius 1 is 1.21 bits per heavy atom. The van der Waals surface area contributed by atoms with E-state index in [0.717, 1.165) is 0 Å². The van der Waals surface area contributed by atoms with Gasteiger partial charge in [0.25, 0.3) is 5.95 Å². The Hall–Kier alpha value is -2.05. The molecule has 0 aliphatic rings. The Bertz CT molecular complexity index is 326. The first kappa shape index (κ1) is 10.0. The number of rotatable bonds is 3. The molecule has 1 heterocycles. The molecule has 0 aliphatic heterocycles. The van der Waals surface area contributed by atoms with Crippen molar-refractivity contribution < 1.29 is 9.47 Å². The lowest BCUT2D eigenvalue weighted by Crippen LogP contribution is -2.22. The van der Waals surface area contributed by atoms with E-state index < -0.39 is 0 Å². The van der Waals surface area contributed by atoms with E-state index in [1.165, 1.54) is 20.3 Å². The van der Waals surface area contributed by atoms with Crippen LogP contribution in [0.4, 0.5) is 5.95 Å². The van der Waals surface area contributed by atoms with E-state index in [0.29, 0.717) is 11.8 Å². The van der Waals surface area contributed by atoms with Gasteiger partial charge in [-0.3, -0.25) is 0 Å². The first-order chi connectivity index (χ1) is 6.65. The van der Waals surface area contributed by atoms with E-state index in [4.69, 9.17) is 20.9 Å². The van der Waals surface area contributed by atoms with Crippen LogP contribution in [0, 0.1) is 0 Å². The highest BCUT2D eigenvalue weighted by molar-refractivity contribution is 5.77. The van der Waals surface area contributed by atoms with E-state index in [9.17, 15) is 0 Å². The number of nitrogens with zero attached hydrogens (tertiary/aromatic N) is 3. The van der Waals surface area contributed by atoms with Crippen molar-refractivity contribution >= 4 is 11.9 Å². The quantitative estimate of drug-likeness (QED) is 0.494. The molecule has 0 aromatic carbocycles. The fraction of sp³-hybridized carbons (Fsp3) is 0.286. The molecule has 76 valence electrons. The van der Waals surface area contributed by atoms with Crippen LogP contribution in [-0.2, 0) is 0 Å². The SMILES string of the molecule is COc1cc(OC)nc(N=C(N)N)n1. The second-order valence-electron chi connectivity index (χ2n) is 2.29. The first-order valence-corrected chi connectivity index (χ1v) is 3.72. The number of ether oxygens (including phenoxy) is 2. The molecule has 0 saturated heterocycles. The molecular formula is C7H11N5O2. The van der Waals surface area contributed by atoms with Crippen molar-refractivity contribution in [2.45, 2.75) is 0 Å². The number of hydrogen-bond acceptors (Lipinski definition) is 5. The standard InChI is InChI=1S/C7H11N5O2/c1-13-4-3-5(14-2)11-7(10-4)12-6(8)9/h3H,1-2H3,(H4,8,9,10,11,12). The smallest absolute Gasteiger partial charge is 0.259 e. The van der Waals surface area contributed by atoms with Crippen molar-refractivity contribution in [3.05, 3.63) is 6.07 Å². The summed E-state index contributed by atoms with van der Waals surface area (Å²) in [7, 11) is 2.95. The number of aliphatic imine (C=N–C) groups is 1. The van der Waals surface area contributed by atoms with Crippen LogP contribution in [0.1, 0.15) is 0 Å². The van der Waals surface area contributed by atoms with Crippen molar-refractivity contribution in [2.75, 3.05) is 14.2 Å². The van der Waals surface area contributed by atoms with Gasteiger partial charge >= 0.3 is 0 Å². The van der Waals surface area contributed by atoms with Gasteiger partial charge in [-0.1, -0.05) is 0 Å².